The van der Waals surface area contributed by atoms with Gasteiger partial charge in [-0.2, -0.15) is 15.0 Å². The van der Waals surface area contributed by atoms with Crippen LogP contribution in [0.15, 0.2) is 18.2 Å². The smallest absolute Gasteiger partial charge is 0.113 e. The molecular formula is C9H12N4. The van der Waals surface area contributed by atoms with Gasteiger partial charge in [0.15, 0.2) is 0 Å². The Morgan fingerprint density at radius 3 is 2.77 bits per heavy atom. The second kappa shape index (κ2) is 3.14. The van der Waals surface area contributed by atoms with Gasteiger partial charge in [0.1, 0.15) is 11.0 Å². The first-order valence-electron chi connectivity index (χ1n) is 4.37. The minimum atomic E-state index is 0.551. The molecule has 1 aromatic heterocycles. The lowest BCUT2D eigenvalue weighted by molar-refractivity contribution is 0.578. The maximum atomic E-state index is 5.53. The fourth-order valence-electron chi connectivity index (χ4n) is 1.27. The van der Waals surface area contributed by atoms with E-state index in [9.17, 15) is 0 Å². The maximum absolute atomic E-state index is 5.53. The number of aryl methyl sites for hydroxylation is 1. The van der Waals surface area contributed by atoms with Gasteiger partial charge in [0.2, 0.25) is 0 Å². The SMILES string of the molecule is CCn1nc2ccc(CN)cc2n1. The Bertz CT molecular complexity index is 416. The van der Waals surface area contributed by atoms with Crippen molar-refractivity contribution in [2.45, 2.75) is 20.0 Å². The van der Waals surface area contributed by atoms with Crippen molar-refractivity contribution in [2.24, 2.45) is 5.73 Å². The third kappa shape index (κ3) is 1.40. The number of fused-ring (bicyclic) bond motifs is 1. The van der Waals surface area contributed by atoms with Crippen molar-refractivity contribution in [1.29, 1.82) is 0 Å². The van der Waals surface area contributed by atoms with Crippen molar-refractivity contribution < 1.29 is 0 Å². The number of hydrogen-bond donors (Lipinski definition) is 1. The quantitative estimate of drug-likeness (QED) is 0.740. The average molecular weight is 176 g/mol. The van der Waals surface area contributed by atoms with E-state index in [4.69, 9.17) is 5.73 Å². The van der Waals surface area contributed by atoms with E-state index in [0.29, 0.717) is 6.54 Å². The maximum Gasteiger partial charge on any atom is 0.113 e. The molecule has 0 spiro atoms. The van der Waals surface area contributed by atoms with E-state index in [1.807, 2.05) is 25.1 Å². The van der Waals surface area contributed by atoms with Crippen LogP contribution < -0.4 is 5.73 Å². The summed E-state index contributed by atoms with van der Waals surface area (Å²) in [5.41, 5.74) is 8.47. The van der Waals surface area contributed by atoms with Gasteiger partial charge in [-0.15, -0.1) is 0 Å². The van der Waals surface area contributed by atoms with Crippen LogP contribution in [0.5, 0.6) is 0 Å². The predicted octanol–water partition coefficient (Wildman–Crippen LogP) is 0.910. The van der Waals surface area contributed by atoms with E-state index in [1.165, 1.54) is 0 Å². The average Bonchev–Trinajstić information content (AvgIpc) is 2.58. The van der Waals surface area contributed by atoms with Gasteiger partial charge in [-0.25, -0.2) is 0 Å². The standard InChI is InChI=1S/C9H12N4/c1-2-13-11-8-4-3-7(6-10)5-9(8)12-13/h3-5H,2,6,10H2,1H3. The first-order chi connectivity index (χ1) is 6.33. The molecule has 13 heavy (non-hydrogen) atoms. The Balaban J connectivity index is 2.57. The fraction of sp³-hybridized carbons (Fsp3) is 0.333. The first-order valence-corrected chi connectivity index (χ1v) is 4.37. The normalized spacial score (nSPS) is 10.9. The summed E-state index contributed by atoms with van der Waals surface area (Å²) in [6.07, 6.45) is 0. The molecule has 0 unspecified atom stereocenters. The summed E-state index contributed by atoms with van der Waals surface area (Å²) in [5, 5.41) is 8.56. The lowest BCUT2D eigenvalue weighted by Crippen LogP contribution is -1.97. The summed E-state index contributed by atoms with van der Waals surface area (Å²) in [7, 11) is 0. The first kappa shape index (κ1) is 8.19. The third-order valence-corrected chi connectivity index (χ3v) is 2.00. The molecule has 0 bridgehead atoms. The molecule has 0 saturated carbocycles. The molecule has 0 aliphatic heterocycles. The minimum absolute atomic E-state index is 0.551. The van der Waals surface area contributed by atoms with E-state index in [2.05, 4.69) is 10.2 Å². The molecule has 2 aromatic rings. The molecule has 1 heterocycles. The van der Waals surface area contributed by atoms with Gasteiger partial charge in [-0.05, 0) is 24.6 Å². The van der Waals surface area contributed by atoms with Crippen LogP contribution in [0.25, 0.3) is 11.0 Å². The van der Waals surface area contributed by atoms with E-state index in [-0.39, 0.29) is 0 Å². The molecule has 0 saturated heterocycles. The van der Waals surface area contributed by atoms with Crippen LogP contribution in [0.1, 0.15) is 12.5 Å². The van der Waals surface area contributed by atoms with Crippen LogP contribution in [0.3, 0.4) is 0 Å². The van der Waals surface area contributed by atoms with Crippen molar-refractivity contribution >= 4 is 11.0 Å². The highest BCUT2D eigenvalue weighted by Crippen LogP contribution is 2.10. The minimum Gasteiger partial charge on any atom is -0.326 e. The van der Waals surface area contributed by atoms with Gasteiger partial charge in [0.05, 0.1) is 6.54 Å². The summed E-state index contributed by atoms with van der Waals surface area (Å²) in [5.74, 6) is 0. The van der Waals surface area contributed by atoms with Crippen molar-refractivity contribution in [2.75, 3.05) is 0 Å². The highest BCUT2D eigenvalue weighted by Gasteiger charge is 2.01. The molecule has 2 N–H and O–H groups in total. The van der Waals surface area contributed by atoms with Crippen molar-refractivity contribution in [3.05, 3.63) is 23.8 Å². The summed E-state index contributed by atoms with van der Waals surface area (Å²) < 4.78 is 0. The van der Waals surface area contributed by atoms with Crippen molar-refractivity contribution in [3.63, 3.8) is 0 Å². The summed E-state index contributed by atoms with van der Waals surface area (Å²) in [6, 6.07) is 5.92. The highest BCUT2D eigenvalue weighted by molar-refractivity contribution is 5.74. The molecule has 0 fully saturated rings. The number of nitrogens with zero attached hydrogens (tertiary/aromatic N) is 3. The van der Waals surface area contributed by atoms with Crippen LogP contribution in [0.2, 0.25) is 0 Å². The topological polar surface area (TPSA) is 56.7 Å². The number of aromatic nitrogens is 3. The Labute approximate surface area is 76.3 Å². The largest absolute Gasteiger partial charge is 0.326 e. The Hall–Kier alpha value is -1.42. The molecule has 4 heteroatoms. The zero-order valence-electron chi connectivity index (χ0n) is 7.57. The number of hydrogen-bond acceptors (Lipinski definition) is 3. The molecule has 68 valence electrons. The predicted molar refractivity (Wildman–Crippen MR) is 51.1 cm³/mol. The Morgan fingerprint density at radius 1 is 1.31 bits per heavy atom. The van der Waals surface area contributed by atoms with Gasteiger partial charge in [-0.1, -0.05) is 6.07 Å². The Morgan fingerprint density at radius 2 is 2.08 bits per heavy atom. The summed E-state index contributed by atoms with van der Waals surface area (Å²) in [4.78, 5) is 1.69. The molecule has 4 nitrogen and oxygen atoms in total. The fourth-order valence-corrected chi connectivity index (χ4v) is 1.27. The van der Waals surface area contributed by atoms with E-state index in [1.54, 1.807) is 4.80 Å². The zero-order valence-corrected chi connectivity index (χ0v) is 7.57. The molecule has 0 radical (unpaired) electrons. The van der Waals surface area contributed by atoms with Crippen LogP contribution in [-0.4, -0.2) is 15.0 Å². The number of nitrogens with two attached hydrogens (primary N) is 1. The van der Waals surface area contributed by atoms with Crippen LogP contribution >= 0.6 is 0 Å². The monoisotopic (exact) mass is 176 g/mol. The van der Waals surface area contributed by atoms with Crippen LogP contribution in [-0.2, 0) is 13.1 Å². The van der Waals surface area contributed by atoms with Crippen molar-refractivity contribution in [3.8, 4) is 0 Å². The molecule has 0 aliphatic rings. The molecule has 1 aromatic carbocycles. The second-order valence-electron chi connectivity index (χ2n) is 2.92. The number of rotatable bonds is 2. The zero-order chi connectivity index (χ0) is 9.26. The lowest BCUT2D eigenvalue weighted by atomic mass is 10.2. The van der Waals surface area contributed by atoms with Gasteiger partial charge >= 0.3 is 0 Å². The second-order valence-corrected chi connectivity index (χ2v) is 2.92. The molecular weight excluding hydrogens is 164 g/mol. The van der Waals surface area contributed by atoms with Gasteiger partial charge < -0.3 is 5.73 Å². The van der Waals surface area contributed by atoms with Crippen LogP contribution in [0, 0.1) is 0 Å². The third-order valence-electron chi connectivity index (χ3n) is 2.00. The van der Waals surface area contributed by atoms with E-state index in [0.717, 1.165) is 23.1 Å². The molecule has 0 aliphatic carbocycles. The van der Waals surface area contributed by atoms with Crippen molar-refractivity contribution in [1.82, 2.24) is 15.0 Å². The van der Waals surface area contributed by atoms with Crippen LogP contribution in [0.4, 0.5) is 0 Å². The van der Waals surface area contributed by atoms with Gasteiger partial charge in [-0.3, -0.25) is 0 Å². The number of benzene rings is 1. The van der Waals surface area contributed by atoms with Gasteiger partial charge in [0.25, 0.3) is 0 Å². The molecule has 0 amide bonds. The van der Waals surface area contributed by atoms with Gasteiger partial charge in [0, 0.05) is 6.54 Å². The Kier molecular flexibility index (Phi) is 1.98. The lowest BCUT2D eigenvalue weighted by Gasteiger charge is -1.92. The summed E-state index contributed by atoms with van der Waals surface area (Å²) in [6.45, 7) is 3.37. The molecule has 2 rings (SSSR count). The van der Waals surface area contributed by atoms with E-state index < -0.39 is 0 Å². The molecule has 0 atom stereocenters. The van der Waals surface area contributed by atoms with E-state index >= 15 is 0 Å². The summed E-state index contributed by atoms with van der Waals surface area (Å²) >= 11 is 0. The highest BCUT2D eigenvalue weighted by atomic mass is 15.5.